The fourth-order valence-electron chi connectivity index (χ4n) is 5.07. The zero-order valence-corrected chi connectivity index (χ0v) is 21.5. The summed E-state index contributed by atoms with van der Waals surface area (Å²) in [5.74, 6) is -0.106. The minimum atomic E-state index is -0.686. The number of aliphatic hydroxyl groups excluding tert-OH is 1. The standard InChI is InChI=1S/C29H40FNO4/c1-5-34-28(33)14-13-26-25(11-8-12-27(26)30)20(2)35-19-24(32)18-31-29(3,4)17-21-15-22-9-6-7-10-23(22)16-21/h6-12,20-21,24,31-32H,5,13-19H2,1-4H3/t20-,24-/m1/s1. The molecule has 0 amide bonds. The number of carbonyl (C=O) groups excluding carboxylic acids is 1. The number of halogens is 1. The van der Waals surface area contributed by atoms with E-state index in [-0.39, 0.29) is 36.8 Å². The summed E-state index contributed by atoms with van der Waals surface area (Å²) in [4.78, 5) is 11.7. The topological polar surface area (TPSA) is 67.8 Å². The van der Waals surface area contributed by atoms with Crippen LogP contribution in [0.3, 0.4) is 0 Å². The van der Waals surface area contributed by atoms with Crippen LogP contribution in [0.1, 0.15) is 68.9 Å². The number of benzene rings is 2. The molecule has 2 aromatic carbocycles. The van der Waals surface area contributed by atoms with E-state index in [1.54, 1.807) is 13.0 Å². The quantitative estimate of drug-likeness (QED) is 0.394. The fraction of sp³-hybridized carbons (Fsp3) is 0.552. The van der Waals surface area contributed by atoms with E-state index in [4.69, 9.17) is 9.47 Å². The summed E-state index contributed by atoms with van der Waals surface area (Å²) in [5, 5.41) is 14.0. The van der Waals surface area contributed by atoms with Crippen molar-refractivity contribution in [2.24, 2.45) is 5.92 Å². The summed E-state index contributed by atoms with van der Waals surface area (Å²) in [6.45, 7) is 8.79. The number of rotatable bonds is 13. The third-order valence-electron chi connectivity index (χ3n) is 6.77. The number of esters is 1. The first kappa shape index (κ1) is 27.3. The lowest BCUT2D eigenvalue weighted by atomic mass is 9.88. The highest BCUT2D eigenvalue weighted by molar-refractivity contribution is 5.69. The lowest BCUT2D eigenvalue weighted by Gasteiger charge is -2.31. The molecule has 0 saturated heterocycles. The summed E-state index contributed by atoms with van der Waals surface area (Å²) in [5.41, 5.74) is 3.95. The Morgan fingerprint density at radius 3 is 2.51 bits per heavy atom. The van der Waals surface area contributed by atoms with Gasteiger partial charge >= 0.3 is 5.97 Å². The van der Waals surface area contributed by atoms with Crippen molar-refractivity contribution in [3.8, 4) is 0 Å². The predicted molar refractivity (Wildman–Crippen MR) is 136 cm³/mol. The van der Waals surface area contributed by atoms with Gasteiger partial charge in [-0.25, -0.2) is 4.39 Å². The van der Waals surface area contributed by atoms with Crippen molar-refractivity contribution in [2.45, 2.75) is 77.5 Å². The minimum Gasteiger partial charge on any atom is -0.466 e. The lowest BCUT2D eigenvalue weighted by Crippen LogP contribution is -2.45. The molecule has 1 aliphatic carbocycles. The van der Waals surface area contributed by atoms with Gasteiger partial charge in [-0.15, -0.1) is 0 Å². The third kappa shape index (κ3) is 8.13. The molecular weight excluding hydrogens is 445 g/mol. The Morgan fingerprint density at radius 2 is 1.86 bits per heavy atom. The van der Waals surface area contributed by atoms with Gasteiger partial charge in [-0.2, -0.15) is 0 Å². The van der Waals surface area contributed by atoms with Crippen molar-refractivity contribution in [1.29, 1.82) is 0 Å². The maximum Gasteiger partial charge on any atom is 0.306 e. The molecular formula is C29H40FNO4. The Bertz CT molecular complexity index is 952. The number of carbonyl (C=O) groups is 1. The number of aliphatic hydroxyl groups is 1. The molecule has 0 bridgehead atoms. The van der Waals surface area contributed by atoms with Crippen LogP contribution in [0.25, 0.3) is 0 Å². The van der Waals surface area contributed by atoms with Gasteiger partial charge in [0.2, 0.25) is 0 Å². The van der Waals surface area contributed by atoms with Gasteiger partial charge in [-0.3, -0.25) is 4.79 Å². The molecule has 35 heavy (non-hydrogen) atoms. The van der Waals surface area contributed by atoms with Crippen LogP contribution in [0, 0.1) is 11.7 Å². The zero-order valence-electron chi connectivity index (χ0n) is 21.5. The smallest absolute Gasteiger partial charge is 0.306 e. The van der Waals surface area contributed by atoms with E-state index in [1.165, 1.54) is 17.2 Å². The molecule has 2 aromatic rings. The van der Waals surface area contributed by atoms with Gasteiger partial charge in [0.15, 0.2) is 0 Å². The number of hydrogen-bond donors (Lipinski definition) is 2. The summed E-state index contributed by atoms with van der Waals surface area (Å²) < 4.78 is 25.4. The molecule has 2 N–H and O–H groups in total. The van der Waals surface area contributed by atoms with Crippen LogP contribution in [0.15, 0.2) is 42.5 Å². The minimum absolute atomic E-state index is 0.109. The monoisotopic (exact) mass is 485 g/mol. The molecule has 0 unspecified atom stereocenters. The van der Waals surface area contributed by atoms with E-state index in [1.807, 2.05) is 13.0 Å². The predicted octanol–water partition coefficient (Wildman–Crippen LogP) is 4.93. The molecule has 192 valence electrons. The Balaban J connectivity index is 1.46. The highest BCUT2D eigenvalue weighted by Crippen LogP contribution is 2.32. The van der Waals surface area contributed by atoms with Gasteiger partial charge in [0.25, 0.3) is 0 Å². The molecule has 3 rings (SSSR count). The van der Waals surface area contributed by atoms with Crippen molar-refractivity contribution in [3.63, 3.8) is 0 Å². The molecule has 0 aromatic heterocycles. The average Bonchev–Trinajstić information content (AvgIpc) is 3.22. The molecule has 0 saturated carbocycles. The van der Waals surface area contributed by atoms with Crippen molar-refractivity contribution in [3.05, 3.63) is 70.5 Å². The van der Waals surface area contributed by atoms with E-state index in [2.05, 4.69) is 43.4 Å². The summed E-state index contributed by atoms with van der Waals surface area (Å²) in [7, 11) is 0. The van der Waals surface area contributed by atoms with Crippen LogP contribution < -0.4 is 5.32 Å². The molecule has 0 fully saturated rings. The molecule has 0 heterocycles. The van der Waals surface area contributed by atoms with Crippen LogP contribution >= 0.6 is 0 Å². The van der Waals surface area contributed by atoms with Gasteiger partial charge in [0.05, 0.1) is 25.4 Å². The maximum atomic E-state index is 14.5. The van der Waals surface area contributed by atoms with E-state index in [0.717, 1.165) is 19.3 Å². The maximum absolute atomic E-state index is 14.5. The largest absolute Gasteiger partial charge is 0.466 e. The second-order valence-electron chi connectivity index (χ2n) is 10.3. The SMILES string of the molecule is CCOC(=O)CCc1c(F)cccc1[C@@H](C)OC[C@H](O)CNC(C)(C)CC1Cc2ccccc2C1. The molecule has 5 nitrogen and oxygen atoms in total. The van der Waals surface area contributed by atoms with E-state index in [0.29, 0.717) is 30.2 Å². The number of β-amino-alcohol motifs (C(OH)–C–C–N with tert-alkyl or cyclic N) is 1. The van der Waals surface area contributed by atoms with Gasteiger partial charge in [-0.1, -0.05) is 36.4 Å². The summed E-state index contributed by atoms with van der Waals surface area (Å²) in [6, 6.07) is 13.5. The molecule has 2 atom stereocenters. The number of hydrogen-bond acceptors (Lipinski definition) is 5. The van der Waals surface area contributed by atoms with Crippen LogP contribution in [0.4, 0.5) is 4.39 Å². The first-order valence-corrected chi connectivity index (χ1v) is 12.7. The van der Waals surface area contributed by atoms with E-state index < -0.39 is 12.2 Å². The first-order chi connectivity index (χ1) is 16.7. The lowest BCUT2D eigenvalue weighted by molar-refractivity contribution is -0.143. The third-order valence-corrected chi connectivity index (χ3v) is 6.77. The molecule has 0 radical (unpaired) electrons. The van der Waals surface area contributed by atoms with Crippen molar-refractivity contribution in [1.82, 2.24) is 5.32 Å². The van der Waals surface area contributed by atoms with Crippen molar-refractivity contribution >= 4 is 5.97 Å². The summed E-state index contributed by atoms with van der Waals surface area (Å²) in [6.07, 6.45) is 2.50. The summed E-state index contributed by atoms with van der Waals surface area (Å²) >= 11 is 0. The Kier molecular flexibility index (Phi) is 9.84. The van der Waals surface area contributed by atoms with Crippen LogP contribution in [-0.4, -0.2) is 42.5 Å². The molecule has 0 aliphatic heterocycles. The normalized spacial score (nSPS) is 15.6. The highest BCUT2D eigenvalue weighted by Gasteiger charge is 2.28. The highest BCUT2D eigenvalue weighted by atomic mass is 19.1. The Hall–Kier alpha value is -2.28. The van der Waals surface area contributed by atoms with Crippen molar-refractivity contribution in [2.75, 3.05) is 19.8 Å². The Morgan fingerprint density at radius 1 is 1.17 bits per heavy atom. The number of fused-ring (bicyclic) bond motifs is 1. The van der Waals surface area contributed by atoms with E-state index >= 15 is 0 Å². The van der Waals surface area contributed by atoms with Crippen LogP contribution in [0.2, 0.25) is 0 Å². The average molecular weight is 486 g/mol. The number of nitrogens with one attached hydrogen (secondary N) is 1. The van der Waals surface area contributed by atoms with Gasteiger partial charge in [0, 0.05) is 18.5 Å². The number of ether oxygens (including phenoxy) is 2. The van der Waals surface area contributed by atoms with Gasteiger partial charge in [-0.05, 0) is 87.6 Å². The van der Waals surface area contributed by atoms with Crippen molar-refractivity contribution < 1.29 is 23.8 Å². The Labute approximate surface area is 209 Å². The van der Waals surface area contributed by atoms with Crippen LogP contribution in [0.5, 0.6) is 0 Å². The van der Waals surface area contributed by atoms with Gasteiger partial charge in [0.1, 0.15) is 5.82 Å². The van der Waals surface area contributed by atoms with E-state index in [9.17, 15) is 14.3 Å². The zero-order chi connectivity index (χ0) is 25.4. The molecule has 6 heteroatoms. The molecule has 1 aliphatic rings. The molecule has 0 spiro atoms. The second-order valence-corrected chi connectivity index (χ2v) is 10.3. The second kappa shape index (κ2) is 12.6. The fourth-order valence-corrected chi connectivity index (χ4v) is 5.07. The van der Waals surface area contributed by atoms with Crippen LogP contribution in [-0.2, 0) is 33.5 Å². The van der Waals surface area contributed by atoms with Gasteiger partial charge < -0.3 is 19.9 Å². The first-order valence-electron chi connectivity index (χ1n) is 12.7.